The molecule has 0 aromatic heterocycles. The average Bonchev–Trinajstić information content (AvgIpc) is 3.14. The maximum absolute atomic E-state index is 17.4. The molecule has 8 nitrogen and oxygen atoms in total. The van der Waals surface area contributed by atoms with E-state index in [0.29, 0.717) is 25.7 Å². The van der Waals surface area contributed by atoms with Gasteiger partial charge >= 0.3 is 0 Å². The van der Waals surface area contributed by atoms with Crippen LogP contribution in [0.5, 0.6) is 0 Å². The number of halogens is 1. The fraction of sp³-hybridized carbons (Fsp3) is 0.840. The Morgan fingerprint density at radius 1 is 1.23 bits per heavy atom. The first-order chi connectivity index (χ1) is 16.0. The first-order valence-electron chi connectivity index (χ1n) is 12.4. The smallest absolute Gasteiger partial charge is 0.264 e. The summed E-state index contributed by atoms with van der Waals surface area (Å²) >= 11 is 0. The summed E-state index contributed by atoms with van der Waals surface area (Å²) in [5.41, 5.74) is -4.77. The maximum atomic E-state index is 17.4. The van der Waals surface area contributed by atoms with E-state index in [2.05, 4.69) is 0 Å². The monoisotopic (exact) mass is 514 g/mol. The van der Waals surface area contributed by atoms with Gasteiger partial charge in [0.15, 0.2) is 23.0 Å². The second kappa shape index (κ2) is 7.43. The second-order valence-corrected chi connectivity index (χ2v) is 13.7. The minimum Gasteiger partial charge on any atom is -0.390 e. The molecular formula is C25H35FO8S. The first kappa shape index (κ1) is 25.4. The molecule has 10 heteroatoms. The molecule has 0 bridgehead atoms. The van der Waals surface area contributed by atoms with Gasteiger partial charge in [0.25, 0.3) is 10.1 Å². The highest BCUT2D eigenvalue weighted by Crippen LogP contribution is 2.72. The number of carbonyl (C=O) groups is 2. The van der Waals surface area contributed by atoms with Gasteiger partial charge in [0.1, 0.15) is 12.3 Å². The number of hydrogen-bond donors (Lipinski definition) is 1. The predicted molar refractivity (Wildman–Crippen MR) is 122 cm³/mol. The SMILES string of the molecule is CC1(C)OC2CC3C4CCC5=CC(=O)CCC5(C)C4(F)C(O)CC3(C)C2(C(=O)COS(C)(=O)=O)O1. The van der Waals surface area contributed by atoms with E-state index in [4.69, 9.17) is 13.7 Å². The highest BCUT2D eigenvalue weighted by atomic mass is 32.2. The fourth-order valence-corrected chi connectivity index (χ4v) is 8.76. The summed E-state index contributed by atoms with van der Waals surface area (Å²) < 4.78 is 58.0. The van der Waals surface area contributed by atoms with Gasteiger partial charge in [-0.3, -0.25) is 13.8 Å². The highest BCUT2D eigenvalue weighted by molar-refractivity contribution is 7.86. The van der Waals surface area contributed by atoms with Crippen molar-refractivity contribution in [2.24, 2.45) is 22.7 Å². The van der Waals surface area contributed by atoms with Crippen LogP contribution >= 0.6 is 0 Å². The molecule has 4 aliphatic carbocycles. The molecule has 3 saturated carbocycles. The van der Waals surface area contributed by atoms with Gasteiger partial charge in [-0.25, -0.2) is 4.39 Å². The van der Waals surface area contributed by atoms with Crippen LogP contribution in [-0.2, 0) is 33.4 Å². The number of carbonyl (C=O) groups excluding carboxylic acids is 2. The molecular weight excluding hydrogens is 479 g/mol. The lowest BCUT2D eigenvalue weighted by atomic mass is 9.44. The summed E-state index contributed by atoms with van der Waals surface area (Å²) in [5, 5.41) is 11.5. The van der Waals surface area contributed by atoms with E-state index in [0.717, 1.165) is 11.8 Å². The molecule has 35 heavy (non-hydrogen) atoms. The number of ketones is 2. The molecule has 8 atom stereocenters. The molecule has 5 aliphatic rings. The molecule has 196 valence electrons. The summed E-state index contributed by atoms with van der Waals surface area (Å²) in [5.74, 6) is -2.63. The minimum absolute atomic E-state index is 0.00971. The van der Waals surface area contributed by atoms with Crippen molar-refractivity contribution in [3.05, 3.63) is 11.6 Å². The topological polar surface area (TPSA) is 116 Å². The lowest BCUT2D eigenvalue weighted by Crippen LogP contribution is -2.70. The molecule has 1 saturated heterocycles. The largest absolute Gasteiger partial charge is 0.390 e. The summed E-state index contributed by atoms with van der Waals surface area (Å²) in [6, 6.07) is 0. The second-order valence-electron chi connectivity index (χ2n) is 12.1. The Hall–Kier alpha value is -1.20. The summed E-state index contributed by atoms with van der Waals surface area (Å²) in [7, 11) is -3.88. The molecule has 1 heterocycles. The van der Waals surface area contributed by atoms with Crippen LogP contribution in [-0.4, -0.2) is 67.2 Å². The van der Waals surface area contributed by atoms with Gasteiger partial charge < -0.3 is 14.6 Å². The van der Waals surface area contributed by atoms with Crippen molar-refractivity contribution in [2.75, 3.05) is 12.9 Å². The molecule has 4 fully saturated rings. The van der Waals surface area contributed by atoms with E-state index in [1.807, 2.05) is 13.8 Å². The average molecular weight is 515 g/mol. The van der Waals surface area contributed by atoms with Gasteiger partial charge in [-0.2, -0.15) is 8.42 Å². The van der Waals surface area contributed by atoms with Crippen molar-refractivity contribution >= 4 is 21.7 Å². The summed E-state index contributed by atoms with van der Waals surface area (Å²) in [6.45, 7) is 6.31. The number of alkyl halides is 1. The standard InChI is InChI=1S/C25H35FO8S/c1-21(2)33-20-11-17-16-7-6-14-10-15(27)8-9-22(14,3)24(16,26)18(28)12-23(17,4)25(20,34-21)19(29)13-32-35(5,30)31/h10,16-18,20,28H,6-9,11-13H2,1-5H3. The third-order valence-corrected chi connectivity index (χ3v) is 10.4. The van der Waals surface area contributed by atoms with Crippen molar-refractivity contribution in [2.45, 2.75) is 95.5 Å². The Labute approximate surface area is 205 Å². The molecule has 0 aromatic carbocycles. The van der Waals surface area contributed by atoms with Gasteiger partial charge in [0, 0.05) is 23.2 Å². The van der Waals surface area contributed by atoms with E-state index in [-0.39, 0.29) is 24.5 Å². The van der Waals surface area contributed by atoms with E-state index in [9.17, 15) is 23.1 Å². The Balaban J connectivity index is 1.59. The number of rotatable bonds is 4. The van der Waals surface area contributed by atoms with Crippen molar-refractivity contribution in [3.8, 4) is 0 Å². The predicted octanol–water partition coefficient (Wildman–Crippen LogP) is 2.63. The third-order valence-electron chi connectivity index (χ3n) is 9.85. The van der Waals surface area contributed by atoms with Gasteiger partial charge in [-0.1, -0.05) is 19.4 Å². The number of allylic oxidation sites excluding steroid dienone is 1. The van der Waals surface area contributed by atoms with Crippen LogP contribution in [0, 0.1) is 22.7 Å². The lowest BCUT2D eigenvalue weighted by molar-refractivity contribution is -0.251. The number of hydrogen-bond acceptors (Lipinski definition) is 8. The maximum Gasteiger partial charge on any atom is 0.264 e. The molecule has 1 N–H and O–H groups in total. The Morgan fingerprint density at radius 2 is 1.91 bits per heavy atom. The van der Waals surface area contributed by atoms with Gasteiger partial charge in [0.2, 0.25) is 0 Å². The van der Waals surface area contributed by atoms with E-state index in [1.54, 1.807) is 19.9 Å². The van der Waals surface area contributed by atoms with Crippen LogP contribution in [0.15, 0.2) is 11.6 Å². The Bertz CT molecular complexity index is 1120. The number of fused-ring (bicyclic) bond motifs is 7. The number of aliphatic hydroxyl groups excluding tert-OH is 1. The van der Waals surface area contributed by atoms with Crippen LogP contribution in [0.3, 0.4) is 0 Å². The zero-order valence-corrected chi connectivity index (χ0v) is 21.7. The lowest BCUT2D eigenvalue weighted by Gasteiger charge is -2.63. The summed E-state index contributed by atoms with van der Waals surface area (Å²) in [4.78, 5) is 25.8. The van der Waals surface area contributed by atoms with Gasteiger partial charge in [-0.05, 0) is 57.9 Å². The molecule has 0 amide bonds. The molecule has 1 aliphatic heterocycles. The first-order valence-corrected chi connectivity index (χ1v) is 14.2. The van der Waals surface area contributed by atoms with Crippen LogP contribution in [0.4, 0.5) is 4.39 Å². The van der Waals surface area contributed by atoms with Crippen molar-refractivity contribution in [1.82, 2.24) is 0 Å². The number of aliphatic hydroxyl groups is 1. The molecule has 0 spiro atoms. The molecule has 8 unspecified atom stereocenters. The van der Waals surface area contributed by atoms with Crippen LogP contribution < -0.4 is 0 Å². The molecule has 0 radical (unpaired) electrons. The normalized spacial score (nSPS) is 48.4. The van der Waals surface area contributed by atoms with E-state index >= 15 is 4.39 Å². The van der Waals surface area contributed by atoms with Crippen LogP contribution in [0.25, 0.3) is 0 Å². The number of ether oxygens (including phenoxy) is 2. The molecule has 0 aromatic rings. The van der Waals surface area contributed by atoms with Gasteiger partial charge in [-0.15, -0.1) is 0 Å². The van der Waals surface area contributed by atoms with Crippen LogP contribution in [0.1, 0.15) is 66.2 Å². The van der Waals surface area contributed by atoms with E-state index in [1.165, 1.54) is 0 Å². The quantitative estimate of drug-likeness (QED) is 0.569. The fourth-order valence-electron chi connectivity index (χ4n) is 8.44. The molecule has 5 rings (SSSR count). The van der Waals surface area contributed by atoms with Crippen LogP contribution in [0.2, 0.25) is 0 Å². The van der Waals surface area contributed by atoms with Gasteiger partial charge in [0.05, 0.1) is 18.5 Å². The minimum atomic E-state index is -3.88. The van der Waals surface area contributed by atoms with Crippen molar-refractivity contribution in [1.29, 1.82) is 0 Å². The zero-order chi connectivity index (χ0) is 25.8. The highest BCUT2D eigenvalue weighted by Gasteiger charge is 2.80. The zero-order valence-electron chi connectivity index (χ0n) is 20.9. The third kappa shape index (κ3) is 3.25. The van der Waals surface area contributed by atoms with E-state index < -0.39 is 68.5 Å². The van der Waals surface area contributed by atoms with Crippen molar-refractivity contribution in [3.63, 3.8) is 0 Å². The Morgan fingerprint density at radius 3 is 2.57 bits per heavy atom. The van der Waals surface area contributed by atoms with Crippen molar-refractivity contribution < 1.29 is 41.2 Å². The summed E-state index contributed by atoms with van der Waals surface area (Å²) in [6.07, 6.45) is 2.16. The Kier molecular flexibility index (Phi) is 5.40. The number of Topliss-reactive ketones (excluding diaryl/α,β-unsaturated/α-hetero) is 1.